The first kappa shape index (κ1) is 13.5. The van der Waals surface area contributed by atoms with Gasteiger partial charge in [-0.15, -0.1) is 0 Å². The third-order valence-corrected chi connectivity index (χ3v) is 2.43. The van der Waals surface area contributed by atoms with E-state index in [1.165, 1.54) is 5.56 Å². The van der Waals surface area contributed by atoms with E-state index in [4.69, 9.17) is 26.8 Å². The van der Waals surface area contributed by atoms with E-state index in [0.717, 1.165) is 11.4 Å². The van der Waals surface area contributed by atoms with Crippen LogP contribution in [0.1, 0.15) is 5.56 Å². The molecular weight excluding hydrogens is 226 g/mol. The number of hydrogen-bond acceptors (Lipinski definition) is 3. The van der Waals surface area contributed by atoms with Gasteiger partial charge in [0.05, 0.1) is 19.8 Å². The van der Waals surface area contributed by atoms with Crippen LogP contribution in [0.5, 0.6) is 0 Å². The van der Waals surface area contributed by atoms with Gasteiger partial charge in [0, 0.05) is 18.2 Å². The molecule has 16 heavy (non-hydrogen) atoms. The first-order valence-corrected chi connectivity index (χ1v) is 5.67. The summed E-state index contributed by atoms with van der Waals surface area (Å²) in [5, 5.41) is 0.744. The fourth-order valence-electron chi connectivity index (χ4n) is 1.36. The highest BCUT2D eigenvalue weighted by Gasteiger charge is 2.04. The van der Waals surface area contributed by atoms with Crippen molar-refractivity contribution in [3.8, 4) is 0 Å². The molecule has 1 unspecified atom stereocenters. The highest BCUT2D eigenvalue weighted by Crippen LogP contribution is 2.10. The molecule has 3 nitrogen and oxygen atoms in total. The van der Waals surface area contributed by atoms with Crippen LogP contribution in [0.3, 0.4) is 0 Å². The molecular formula is C12H18ClNO2. The molecule has 0 spiro atoms. The predicted molar refractivity (Wildman–Crippen MR) is 65.8 cm³/mol. The van der Waals surface area contributed by atoms with Crippen LogP contribution in [0.2, 0.25) is 5.02 Å². The van der Waals surface area contributed by atoms with Gasteiger partial charge in [-0.1, -0.05) is 23.7 Å². The topological polar surface area (TPSA) is 44.5 Å². The number of benzene rings is 1. The Morgan fingerprint density at radius 3 is 2.56 bits per heavy atom. The molecule has 0 aliphatic carbocycles. The summed E-state index contributed by atoms with van der Waals surface area (Å²) < 4.78 is 10.2. The predicted octanol–water partition coefficient (Wildman–Crippen LogP) is 1.87. The molecule has 0 fully saturated rings. The zero-order chi connectivity index (χ0) is 11.8. The van der Waals surface area contributed by atoms with Crippen molar-refractivity contribution >= 4 is 11.6 Å². The Kier molecular flexibility index (Phi) is 6.42. The molecule has 1 aromatic carbocycles. The summed E-state index contributed by atoms with van der Waals surface area (Å²) >= 11 is 5.80. The lowest BCUT2D eigenvalue weighted by Crippen LogP contribution is -2.29. The Morgan fingerprint density at radius 2 is 1.94 bits per heavy atom. The molecule has 4 heteroatoms. The summed E-state index contributed by atoms with van der Waals surface area (Å²) in [7, 11) is 1.65. The lowest BCUT2D eigenvalue weighted by atomic mass is 10.1. The van der Waals surface area contributed by atoms with Crippen molar-refractivity contribution in [1.29, 1.82) is 0 Å². The summed E-state index contributed by atoms with van der Waals surface area (Å²) in [6.45, 7) is 1.74. The molecule has 0 saturated carbocycles. The van der Waals surface area contributed by atoms with Gasteiger partial charge >= 0.3 is 0 Å². The Hall–Kier alpha value is -0.610. The van der Waals surface area contributed by atoms with Crippen LogP contribution in [0.15, 0.2) is 24.3 Å². The molecule has 0 aliphatic heterocycles. The second-order valence-electron chi connectivity index (χ2n) is 3.66. The van der Waals surface area contributed by atoms with Gasteiger partial charge in [-0.2, -0.15) is 0 Å². The summed E-state index contributed by atoms with van der Waals surface area (Å²) in [5.41, 5.74) is 7.10. The quantitative estimate of drug-likeness (QED) is 0.744. The Bertz CT molecular complexity index is 290. The van der Waals surface area contributed by atoms with Gasteiger partial charge in [-0.05, 0) is 24.1 Å². The average Bonchev–Trinajstić information content (AvgIpc) is 2.28. The Balaban J connectivity index is 2.23. The monoisotopic (exact) mass is 243 g/mol. The number of nitrogens with two attached hydrogens (primary N) is 1. The number of rotatable bonds is 7. The van der Waals surface area contributed by atoms with E-state index in [0.29, 0.717) is 19.8 Å². The molecule has 2 N–H and O–H groups in total. The summed E-state index contributed by atoms with van der Waals surface area (Å²) in [6.07, 6.45) is 0.796. The molecule has 1 atom stereocenters. The highest BCUT2D eigenvalue weighted by molar-refractivity contribution is 6.30. The number of halogens is 1. The molecule has 0 radical (unpaired) electrons. The van der Waals surface area contributed by atoms with Crippen LogP contribution >= 0.6 is 11.6 Å². The van der Waals surface area contributed by atoms with Crippen LogP contribution in [0, 0.1) is 0 Å². The van der Waals surface area contributed by atoms with Gasteiger partial charge < -0.3 is 15.2 Å². The number of hydrogen-bond donors (Lipinski definition) is 1. The van der Waals surface area contributed by atoms with Gasteiger partial charge in [0.15, 0.2) is 0 Å². The zero-order valence-electron chi connectivity index (χ0n) is 9.49. The van der Waals surface area contributed by atoms with Crippen molar-refractivity contribution in [2.45, 2.75) is 12.5 Å². The molecule has 1 aromatic rings. The first-order valence-electron chi connectivity index (χ1n) is 5.29. The number of methoxy groups -OCH3 is 1. The van der Waals surface area contributed by atoms with Crippen LogP contribution in [0.4, 0.5) is 0 Å². The molecule has 0 aliphatic rings. The van der Waals surface area contributed by atoms with Gasteiger partial charge in [-0.3, -0.25) is 0 Å². The number of ether oxygens (including phenoxy) is 2. The van der Waals surface area contributed by atoms with E-state index in [2.05, 4.69) is 0 Å². The van der Waals surface area contributed by atoms with Crippen molar-refractivity contribution < 1.29 is 9.47 Å². The van der Waals surface area contributed by atoms with Crippen molar-refractivity contribution in [2.75, 3.05) is 26.9 Å². The second-order valence-corrected chi connectivity index (χ2v) is 4.09. The van der Waals surface area contributed by atoms with Gasteiger partial charge in [-0.25, -0.2) is 0 Å². The minimum absolute atomic E-state index is 0.0121. The summed E-state index contributed by atoms with van der Waals surface area (Å²) in [5.74, 6) is 0. The van der Waals surface area contributed by atoms with E-state index in [-0.39, 0.29) is 6.04 Å². The van der Waals surface area contributed by atoms with Crippen molar-refractivity contribution in [2.24, 2.45) is 5.73 Å². The van der Waals surface area contributed by atoms with E-state index in [1.54, 1.807) is 7.11 Å². The highest BCUT2D eigenvalue weighted by atomic mass is 35.5. The van der Waals surface area contributed by atoms with Crippen LogP contribution < -0.4 is 5.73 Å². The lowest BCUT2D eigenvalue weighted by Gasteiger charge is -2.12. The van der Waals surface area contributed by atoms with E-state index < -0.39 is 0 Å². The second kappa shape index (κ2) is 7.63. The van der Waals surface area contributed by atoms with E-state index in [9.17, 15) is 0 Å². The maximum Gasteiger partial charge on any atom is 0.0701 e. The fourth-order valence-corrected chi connectivity index (χ4v) is 1.49. The smallest absolute Gasteiger partial charge is 0.0701 e. The lowest BCUT2D eigenvalue weighted by molar-refractivity contribution is 0.0637. The third-order valence-electron chi connectivity index (χ3n) is 2.17. The van der Waals surface area contributed by atoms with Gasteiger partial charge in [0.25, 0.3) is 0 Å². The molecule has 1 rings (SSSR count). The van der Waals surface area contributed by atoms with Crippen molar-refractivity contribution in [3.63, 3.8) is 0 Å². The molecule has 0 heterocycles. The average molecular weight is 244 g/mol. The van der Waals surface area contributed by atoms with Crippen molar-refractivity contribution in [1.82, 2.24) is 0 Å². The standard InChI is InChI=1S/C12H18ClNO2/c1-15-6-7-16-9-12(14)8-10-2-4-11(13)5-3-10/h2-5,12H,6-9,14H2,1H3. The first-order chi connectivity index (χ1) is 7.72. The minimum Gasteiger partial charge on any atom is -0.382 e. The van der Waals surface area contributed by atoms with E-state index in [1.807, 2.05) is 24.3 Å². The largest absolute Gasteiger partial charge is 0.382 e. The van der Waals surface area contributed by atoms with Gasteiger partial charge in [0.1, 0.15) is 0 Å². The van der Waals surface area contributed by atoms with Crippen LogP contribution in [-0.4, -0.2) is 33.0 Å². The molecule has 90 valence electrons. The van der Waals surface area contributed by atoms with Crippen LogP contribution in [-0.2, 0) is 15.9 Å². The Morgan fingerprint density at radius 1 is 1.25 bits per heavy atom. The summed E-state index contributed by atoms with van der Waals surface area (Å²) in [6, 6.07) is 7.72. The Labute approximate surface area is 101 Å². The maximum atomic E-state index is 5.93. The van der Waals surface area contributed by atoms with Crippen LogP contribution in [0.25, 0.3) is 0 Å². The molecule has 0 saturated heterocycles. The van der Waals surface area contributed by atoms with E-state index >= 15 is 0 Å². The summed E-state index contributed by atoms with van der Waals surface area (Å²) in [4.78, 5) is 0. The SMILES string of the molecule is COCCOCC(N)Cc1ccc(Cl)cc1. The molecule has 0 bridgehead atoms. The maximum absolute atomic E-state index is 5.93. The molecule has 0 aromatic heterocycles. The van der Waals surface area contributed by atoms with Gasteiger partial charge in [0.2, 0.25) is 0 Å². The zero-order valence-corrected chi connectivity index (χ0v) is 10.2. The molecule has 0 amide bonds. The third kappa shape index (κ3) is 5.47. The van der Waals surface area contributed by atoms with Crippen molar-refractivity contribution in [3.05, 3.63) is 34.9 Å². The minimum atomic E-state index is 0.0121. The normalized spacial score (nSPS) is 12.7. The fraction of sp³-hybridized carbons (Fsp3) is 0.500.